The summed E-state index contributed by atoms with van der Waals surface area (Å²) in [5.41, 5.74) is 3.30. The summed E-state index contributed by atoms with van der Waals surface area (Å²) in [6.07, 6.45) is 4.12. The van der Waals surface area contributed by atoms with Crippen molar-refractivity contribution in [3.8, 4) is 0 Å². The van der Waals surface area contributed by atoms with Crippen molar-refractivity contribution < 1.29 is 4.79 Å². The van der Waals surface area contributed by atoms with E-state index < -0.39 is 0 Å². The Hall–Kier alpha value is -3.92. The summed E-state index contributed by atoms with van der Waals surface area (Å²) in [7, 11) is 3.92. The summed E-state index contributed by atoms with van der Waals surface area (Å²) < 4.78 is 1.61. The fraction of sp³-hybridized carbons (Fsp3) is 0.448. The summed E-state index contributed by atoms with van der Waals surface area (Å²) in [5.74, 6) is 1.28. The number of rotatable bonds is 5. The lowest BCUT2D eigenvalue weighted by atomic mass is 9.88. The first kappa shape index (κ1) is 25.4. The first-order valence-corrected chi connectivity index (χ1v) is 13.7. The Bertz CT molecular complexity index is 1440. The summed E-state index contributed by atoms with van der Waals surface area (Å²) in [4.78, 5) is 43.6. The molecule has 2 atom stereocenters. The van der Waals surface area contributed by atoms with E-state index in [0.717, 1.165) is 63.3 Å². The van der Waals surface area contributed by atoms with Crippen LogP contribution in [0.25, 0.3) is 11.0 Å². The van der Waals surface area contributed by atoms with Crippen molar-refractivity contribution in [2.45, 2.75) is 6.42 Å². The monoisotopic (exact) mass is 528 g/mol. The summed E-state index contributed by atoms with van der Waals surface area (Å²) in [6, 6.07) is 10.2. The van der Waals surface area contributed by atoms with Gasteiger partial charge in [0, 0.05) is 82.4 Å². The maximum atomic E-state index is 13.4. The molecule has 3 aliphatic rings. The van der Waals surface area contributed by atoms with Crippen LogP contribution in [0.3, 0.4) is 0 Å². The molecule has 1 aromatic carbocycles. The number of benzene rings is 1. The van der Waals surface area contributed by atoms with Gasteiger partial charge < -0.3 is 24.9 Å². The lowest BCUT2D eigenvalue weighted by Crippen LogP contribution is -2.44. The highest BCUT2D eigenvalue weighted by molar-refractivity contribution is 5.87. The fourth-order valence-electron chi connectivity index (χ4n) is 6.16. The average molecular weight is 529 g/mol. The molecule has 0 radical (unpaired) electrons. The van der Waals surface area contributed by atoms with Crippen LogP contribution in [-0.2, 0) is 11.8 Å². The smallest absolute Gasteiger partial charge is 0.275 e. The van der Waals surface area contributed by atoms with Crippen LogP contribution in [0.2, 0.25) is 0 Å². The van der Waals surface area contributed by atoms with Crippen LogP contribution < -0.4 is 20.7 Å². The number of aryl methyl sites for hydroxylation is 1. The molecule has 1 amide bonds. The second kappa shape index (κ2) is 10.3. The van der Waals surface area contributed by atoms with Gasteiger partial charge in [-0.2, -0.15) is 4.98 Å². The van der Waals surface area contributed by atoms with Gasteiger partial charge in [-0.3, -0.25) is 14.2 Å². The van der Waals surface area contributed by atoms with Crippen LogP contribution in [0.5, 0.6) is 0 Å². The standard InChI is InChI=1S/C29H36N8O2/c1-4-26(38)37-17-20-9-10-36(18-22(20)19-37)25-15-21-16-30-29(32-27(21)34(3)28(25)39)31-23-5-7-24(8-6-23)35-13-11-33(2)12-14-35/h4-8,15-16,20,22H,1,9-14,17-19H2,2-3H3,(H,30,31,32). The van der Waals surface area contributed by atoms with E-state index in [1.54, 1.807) is 17.8 Å². The first-order chi connectivity index (χ1) is 18.9. The van der Waals surface area contributed by atoms with E-state index in [0.29, 0.717) is 35.7 Å². The van der Waals surface area contributed by atoms with Gasteiger partial charge in [0.2, 0.25) is 11.9 Å². The number of nitrogens with one attached hydrogen (secondary N) is 1. The Morgan fingerprint density at radius 1 is 1.00 bits per heavy atom. The molecule has 0 spiro atoms. The second-order valence-corrected chi connectivity index (χ2v) is 11.0. The molecule has 10 nitrogen and oxygen atoms in total. The molecule has 2 unspecified atom stereocenters. The molecule has 0 saturated carbocycles. The molecule has 204 valence electrons. The second-order valence-electron chi connectivity index (χ2n) is 11.0. The molecule has 3 aliphatic heterocycles. The van der Waals surface area contributed by atoms with Gasteiger partial charge in [0.25, 0.3) is 5.56 Å². The molecule has 3 aromatic rings. The summed E-state index contributed by atoms with van der Waals surface area (Å²) in [6.45, 7) is 10.9. The number of hydrogen-bond acceptors (Lipinski definition) is 8. The number of likely N-dealkylation sites (tertiary alicyclic amines) is 1. The minimum atomic E-state index is -0.0702. The zero-order chi connectivity index (χ0) is 27.1. The lowest BCUT2D eigenvalue weighted by Gasteiger charge is -2.35. The number of carbonyl (C=O) groups is 1. The minimum Gasteiger partial charge on any atom is -0.369 e. The third-order valence-corrected chi connectivity index (χ3v) is 8.55. The van der Waals surface area contributed by atoms with E-state index in [1.807, 2.05) is 23.1 Å². The van der Waals surface area contributed by atoms with Gasteiger partial charge in [0.05, 0.1) is 0 Å². The number of pyridine rings is 1. The quantitative estimate of drug-likeness (QED) is 0.505. The normalized spacial score (nSPS) is 21.7. The van der Waals surface area contributed by atoms with Crippen LogP contribution in [0.15, 0.2) is 54.0 Å². The molecule has 0 aliphatic carbocycles. The molecule has 10 heteroatoms. The van der Waals surface area contributed by atoms with E-state index in [4.69, 9.17) is 0 Å². The molecular weight excluding hydrogens is 492 g/mol. The van der Waals surface area contributed by atoms with Crippen LogP contribution in [-0.4, -0.2) is 89.6 Å². The van der Waals surface area contributed by atoms with Gasteiger partial charge in [0.15, 0.2) is 0 Å². The van der Waals surface area contributed by atoms with Gasteiger partial charge in [-0.05, 0) is 61.7 Å². The Balaban J connectivity index is 1.18. The number of piperidine rings is 1. The minimum absolute atomic E-state index is 0.00916. The van der Waals surface area contributed by atoms with Crippen molar-refractivity contribution in [2.75, 3.05) is 74.5 Å². The van der Waals surface area contributed by atoms with Crippen LogP contribution in [0.1, 0.15) is 6.42 Å². The first-order valence-electron chi connectivity index (χ1n) is 13.7. The van der Waals surface area contributed by atoms with E-state index in [-0.39, 0.29) is 11.5 Å². The van der Waals surface area contributed by atoms with Gasteiger partial charge in [-0.1, -0.05) is 6.58 Å². The van der Waals surface area contributed by atoms with Gasteiger partial charge >= 0.3 is 0 Å². The highest BCUT2D eigenvalue weighted by Gasteiger charge is 2.38. The molecule has 3 fully saturated rings. The topological polar surface area (TPSA) is 89.8 Å². The predicted octanol–water partition coefficient (Wildman–Crippen LogP) is 2.29. The Kier molecular flexibility index (Phi) is 6.72. The van der Waals surface area contributed by atoms with Gasteiger partial charge in [-0.25, -0.2) is 4.98 Å². The van der Waals surface area contributed by atoms with Crippen LogP contribution >= 0.6 is 0 Å². The van der Waals surface area contributed by atoms with Crippen molar-refractivity contribution in [2.24, 2.45) is 18.9 Å². The Morgan fingerprint density at radius 2 is 1.74 bits per heavy atom. The zero-order valence-corrected chi connectivity index (χ0v) is 22.7. The number of piperazine rings is 1. The highest BCUT2D eigenvalue weighted by Crippen LogP contribution is 2.33. The number of likely N-dealkylation sites (N-methyl/N-ethyl adjacent to an activating group) is 1. The third kappa shape index (κ3) is 4.96. The van der Waals surface area contributed by atoms with Crippen LogP contribution in [0.4, 0.5) is 23.0 Å². The lowest BCUT2D eigenvalue weighted by molar-refractivity contribution is -0.125. The fourth-order valence-corrected chi connectivity index (χ4v) is 6.16. The molecule has 6 rings (SSSR count). The van der Waals surface area contributed by atoms with E-state index in [1.165, 1.54) is 11.8 Å². The molecule has 3 saturated heterocycles. The largest absolute Gasteiger partial charge is 0.369 e. The number of carbonyl (C=O) groups excluding carboxylic acids is 1. The number of aromatic nitrogens is 3. The molecule has 5 heterocycles. The van der Waals surface area contributed by atoms with Crippen molar-refractivity contribution in [3.05, 3.63) is 59.5 Å². The third-order valence-electron chi connectivity index (χ3n) is 8.55. The molecule has 0 bridgehead atoms. The number of nitrogens with zero attached hydrogens (tertiary/aromatic N) is 7. The van der Waals surface area contributed by atoms with Crippen molar-refractivity contribution in [3.63, 3.8) is 0 Å². The SMILES string of the molecule is C=CC(=O)N1CC2CCN(c3cc4cnc(Nc5ccc(N6CCN(C)CC6)cc5)nc4n(C)c3=O)CC2C1. The van der Waals surface area contributed by atoms with Crippen molar-refractivity contribution in [1.82, 2.24) is 24.3 Å². The zero-order valence-electron chi connectivity index (χ0n) is 22.7. The summed E-state index contributed by atoms with van der Waals surface area (Å²) in [5, 5.41) is 4.11. The maximum absolute atomic E-state index is 13.4. The molecular formula is C29H36N8O2. The number of hydrogen-bond donors (Lipinski definition) is 1. The van der Waals surface area contributed by atoms with Gasteiger partial charge in [-0.15, -0.1) is 0 Å². The van der Waals surface area contributed by atoms with Crippen molar-refractivity contribution >= 4 is 40.0 Å². The number of fused-ring (bicyclic) bond motifs is 2. The number of amides is 1. The molecule has 39 heavy (non-hydrogen) atoms. The van der Waals surface area contributed by atoms with Crippen molar-refractivity contribution in [1.29, 1.82) is 0 Å². The van der Waals surface area contributed by atoms with E-state index in [2.05, 4.69) is 55.7 Å². The predicted molar refractivity (Wildman–Crippen MR) is 155 cm³/mol. The molecule has 2 aromatic heterocycles. The van der Waals surface area contributed by atoms with E-state index in [9.17, 15) is 9.59 Å². The Morgan fingerprint density at radius 3 is 2.49 bits per heavy atom. The number of anilines is 4. The average Bonchev–Trinajstić information content (AvgIpc) is 3.39. The van der Waals surface area contributed by atoms with Crippen LogP contribution in [0, 0.1) is 11.8 Å². The Labute approximate surface area is 228 Å². The van der Waals surface area contributed by atoms with E-state index >= 15 is 0 Å². The molecule has 1 N–H and O–H groups in total. The highest BCUT2D eigenvalue weighted by atomic mass is 16.2. The maximum Gasteiger partial charge on any atom is 0.275 e. The van der Waals surface area contributed by atoms with Gasteiger partial charge in [0.1, 0.15) is 11.3 Å². The summed E-state index contributed by atoms with van der Waals surface area (Å²) >= 11 is 0.